The summed E-state index contributed by atoms with van der Waals surface area (Å²) < 4.78 is 7.82. The molecule has 0 saturated heterocycles. The summed E-state index contributed by atoms with van der Waals surface area (Å²) >= 11 is 0. The number of benzene rings is 1. The van der Waals surface area contributed by atoms with E-state index >= 15 is 0 Å². The van der Waals surface area contributed by atoms with Gasteiger partial charge in [0, 0.05) is 0 Å². The average molecular weight is 281 g/mol. The van der Waals surface area contributed by atoms with Gasteiger partial charge in [-0.05, 0) is 37.5 Å². The summed E-state index contributed by atoms with van der Waals surface area (Å²) in [6.07, 6.45) is 3.70. The van der Waals surface area contributed by atoms with Gasteiger partial charge in [0.2, 0.25) is 0 Å². The Balaban J connectivity index is 1.84. The molecule has 0 unspecified atom stereocenters. The largest absolute Gasteiger partial charge is 0.437 e. The molecule has 1 aliphatic rings. The molecule has 4 rings (SSSR count). The van der Waals surface area contributed by atoms with E-state index in [2.05, 4.69) is 15.1 Å². The monoisotopic (exact) mass is 281 g/mol. The van der Waals surface area contributed by atoms with Gasteiger partial charge in [-0.1, -0.05) is 12.1 Å². The van der Waals surface area contributed by atoms with Crippen LogP contribution < -0.4 is 10.5 Å². The number of ether oxygens (including phenoxy) is 1. The second-order valence-electron chi connectivity index (χ2n) is 5.36. The number of aryl methyl sites for hydroxylation is 1. The molecule has 0 bridgehead atoms. The molecule has 1 aromatic carbocycles. The Morgan fingerprint density at radius 3 is 2.90 bits per heavy atom. The topological polar surface area (TPSA) is 78.8 Å². The minimum atomic E-state index is 0.398. The molecular weight excluding hydrogens is 266 g/mol. The molecule has 106 valence electrons. The number of fused-ring (bicyclic) bond motifs is 1. The van der Waals surface area contributed by atoms with Crippen molar-refractivity contribution in [2.24, 2.45) is 0 Å². The Labute approximate surface area is 121 Å². The summed E-state index contributed by atoms with van der Waals surface area (Å²) in [6.45, 7) is 2.02. The van der Waals surface area contributed by atoms with Crippen molar-refractivity contribution >= 4 is 16.9 Å². The first-order valence-corrected chi connectivity index (χ1v) is 6.95. The predicted octanol–water partition coefficient (Wildman–Crippen LogP) is 2.84. The first-order valence-electron chi connectivity index (χ1n) is 6.95. The molecule has 1 fully saturated rings. The van der Waals surface area contributed by atoms with Crippen molar-refractivity contribution in [2.45, 2.75) is 25.8 Å². The fourth-order valence-electron chi connectivity index (χ4n) is 2.40. The number of aromatic nitrogens is 4. The standard InChI is InChI=1S/C15H15N5O/c1-9-3-2-4-11(7-9)21-15-12-13(16)17-8-18-14(12)20(19-15)10-5-6-10/h2-4,7-8,10H,5-6H2,1H3,(H2,16,17,18). The highest BCUT2D eigenvalue weighted by Crippen LogP contribution is 2.40. The van der Waals surface area contributed by atoms with E-state index < -0.39 is 0 Å². The van der Waals surface area contributed by atoms with Crippen LogP contribution in [0.15, 0.2) is 30.6 Å². The molecule has 3 aromatic rings. The van der Waals surface area contributed by atoms with E-state index in [1.165, 1.54) is 6.33 Å². The number of nitrogen functional groups attached to an aromatic ring is 1. The van der Waals surface area contributed by atoms with Crippen LogP contribution in [0.25, 0.3) is 11.0 Å². The van der Waals surface area contributed by atoms with E-state index in [0.29, 0.717) is 23.1 Å². The van der Waals surface area contributed by atoms with Gasteiger partial charge in [0.1, 0.15) is 23.3 Å². The smallest absolute Gasteiger partial charge is 0.251 e. The molecule has 0 atom stereocenters. The molecule has 21 heavy (non-hydrogen) atoms. The Morgan fingerprint density at radius 2 is 2.14 bits per heavy atom. The zero-order chi connectivity index (χ0) is 14.4. The van der Waals surface area contributed by atoms with Gasteiger partial charge in [-0.25, -0.2) is 14.6 Å². The van der Waals surface area contributed by atoms with Crippen LogP contribution in [0.4, 0.5) is 5.82 Å². The molecule has 0 radical (unpaired) electrons. The van der Waals surface area contributed by atoms with Crippen molar-refractivity contribution in [3.8, 4) is 11.6 Å². The fourth-order valence-corrected chi connectivity index (χ4v) is 2.40. The summed E-state index contributed by atoms with van der Waals surface area (Å²) in [4.78, 5) is 8.37. The number of nitrogens with zero attached hydrogens (tertiary/aromatic N) is 4. The van der Waals surface area contributed by atoms with Gasteiger partial charge >= 0.3 is 0 Å². The molecule has 0 spiro atoms. The molecule has 0 amide bonds. The van der Waals surface area contributed by atoms with Crippen LogP contribution in [0.1, 0.15) is 24.4 Å². The van der Waals surface area contributed by atoms with E-state index in [4.69, 9.17) is 10.5 Å². The Bertz CT molecular complexity index is 822. The highest BCUT2D eigenvalue weighted by Gasteiger charge is 2.29. The van der Waals surface area contributed by atoms with Crippen molar-refractivity contribution < 1.29 is 4.74 Å². The zero-order valence-electron chi connectivity index (χ0n) is 11.7. The van der Waals surface area contributed by atoms with Crippen LogP contribution in [0.3, 0.4) is 0 Å². The quantitative estimate of drug-likeness (QED) is 0.798. The Hall–Kier alpha value is -2.63. The first-order chi connectivity index (χ1) is 10.2. The average Bonchev–Trinajstić information content (AvgIpc) is 3.23. The van der Waals surface area contributed by atoms with Gasteiger partial charge in [-0.2, -0.15) is 0 Å². The summed E-state index contributed by atoms with van der Waals surface area (Å²) in [5.74, 6) is 1.61. The maximum absolute atomic E-state index is 5.99. The van der Waals surface area contributed by atoms with E-state index in [0.717, 1.165) is 29.8 Å². The molecule has 2 heterocycles. The lowest BCUT2D eigenvalue weighted by Crippen LogP contribution is -1.98. The van der Waals surface area contributed by atoms with Gasteiger partial charge in [0.15, 0.2) is 5.65 Å². The SMILES string of the molecule is Cc1cccc(Oc2nn(C3CC3)c3ncnc(N)c23)c1. The second kappa shape index (κ2) is 4.44. The van der Waals surface area contributed by atoms with Crippen molar-refractivity contribution in [1.82, 2.24) is 19.7 Å². The molecular formula is C15H15N5O. The first kappa shape index (κ1) is 12.1. The van der Waals surface area contributed by atoms with Crippen LogP contribution >= 0.6 is 0 Å². The third kappa shape index (κ3) is 2.08. The van der Waals surface area contributed by atoms with Crippen molar-refractivity contribution in [1.29, 1.82) is 0 Å². The highest BCUT2D eigenvalue weighted by atomic mass is 16.5. The van der Waals surface area contributed by atoms with Gasteiger partial charge in [-0.15, -0.1) is 5.10 Å². The van der Waals surface area contributed by atoms with Crippen molar-refractivity contribution in [3.05, 3.63) is 36.2 Å². The minimum absolute atomic E-state index is 0.398. The lowest BCUT2D eigenvalue weighted by molar-refractivity contribution is 0.452. The van der Waals surface area contributed by atoms with Gasteiger partial charge < -0.3 is 10.5 Å². The molecule has 6 heteroatoms. The van der Waals surface area contributed by atoms with Crippen LogP contribution in [0.5, 0.6) is 11.6 Å². The lowest BCUT2D eigenvalue weighted by atomic mass is 10.2. The molecule has 1 aliphatic carbocycles. The molecule has 2 N–H and O–H groups in total. The van der Waals surface area contributed by atoms with E-state index in [1.54, 1.807) is 0 Å². The van der Waals surface area contributed by atoms with Crippen LogP contribution in [0, 0.1) is 6.92 Å². The van der Waals surface area contributed by atoms with Crippen LogP contribution in [0.2, 0.25) is 0 Å². The third-order valence-corrected chi connectivity index (χ3v) is 3.58. The zero-order valence-corrected chi connectivity index (χ0v) is 11.7. The number of hydrogen-bond donors (Lipinski definition) is 1. The van der Waals surface area contributed by atoms with Gasteiger partial charge in [0.05, 0.1) is 6.04 Å². The number of rotatable bonds is 3. The predicted molar refractivity (Wildman–Crippen MR) is 79.3 cm³/mol. The summed E-state index contributed by atoms with van der Waals surface area (Å²) in [5, 5.41) is 5.24. The number of anilines is 1. The fraction of sp³-hybridized carbons (Fsp3) is 0.267. The molecule has 2 aromatic heterocycles. The maximum atomic E-state index is 5.99. The maximum Gasteiger partial charge on any atom is 0.251 e. The minimum Gasteiger partial charge on any atom is -0.437 e. The number of hydrogen-bond acceptors (Lipinski definition) is 5. The van der Waals surface area contributed by atoms with Crippen LogP contribution in [-0.2, 0) is 0 Å². The lowest BCUT2D eigenvalue weighted by Gasteiger charge is -2.03. The molecule has 1 saturated carbocycles. The molecule has 0 aliphatic heterocycles. The summed E-state index contributed by atoms with van der Waals surface area (Å²) in [6, 6.07) is 8.23. The van der Waals surface area contributed by atoms with Crippen molar-refractivity contribution in [2.75, 3.05) is 5.73 Å². The second-order valence-corrected chi connectivity index (χ2v) is 5.36. The summed E-state index contributed by atoms with van der Waals surface area (Å²) in [5.41, 5.74) is 7.86. The normalized spacial score (nSPS) is 14.5. The number of nitrogens with two attached hydrogens (primary N) is 1. The van der Waals surface area contributed by atoms with Gasteiger partial charge in [0.25, 0.3) is 5.88 Å². The van der Waals surface area contributed by atoms with E-state index in [9.17, 15) is 0 Å². The van der Waals surface area contributed by atoms with E-state index in [-0.39, 0.29) is 0 Å². The van der Waals surface area contributed by atoms with E-state index in [1.807, 2.05) is 35.9 Å². The third-order valence-electron chi connectivity index (χ3n) is 3.58. The van der Waals surface area contributed by atoms with Crippen molar-refractivity contribution in [3.63, 3.8) is 0 Å². The highest BCUT2D eigenvalue weighted by molar-refractivity contribution is 5.91. The van der Waals surface area contributed by atoms with Crippen LogP contribution in [-0.4, -0.2) is 19.7 Å². The molecule has 6 nitrogen and oxygen atoms in total. The Kier molecular flexibility index (Phi) is 2.57. The summed E-state index contributed by atoms with van der Waals surface area (Å²) in [7, 11) is 0. The Morgan fingerprint density at radius 1 is 1.29 bits per heavy atom. The van der Waals surface area contributed by atoms with Gasteiger partial charge in [-0.3, -0.25) is 0 Å².